The molecule has 0 unspecified atom stereocenters. The summed E-state index contributed by atoms with van der Waals surface area (Å²) < 4.78 is 65.7. The highest BCUT2D eigenvalue weighted by atomic mass is 19.4. The van der Waals surface area contributed by atoms with Crippen LogP contribution in [-0.4, -0.2) is 37.7 Å². The molecule has 1 heterocycles. The van der Waals surface area contributed by atoms with Gasteiger partial charge in [-0.3, -0.25) is 9.59 Å². The van der Waals surface area contributed by atoms with Crippen LogP contribution < -0.4 is 15.4 Å². The second kappa shape index (κ2) is 11.0. The lowest BCUT2D eigenvalue weighted by Gasteiger charge is -2.39. The molecule has 6 nitrogen and oxygen atoms in total. The number of ether oxygens (including phenoxy) is 1. The first-order valence-electron chi connectivity index (χ1n) is 14.6. The van der Waals surface area contributed by atoms with Crippen LogP contribution >= 0.6 is 0 Å². The van der Waals surface area contributed by atoms with E-state index >= 15 is 0 Å². The monoisotopic (exact) mass is 608 g/mol. The number of halogens is 4. The topological polar surface area (TPSA) is 80.6 Å². The fraction of sp³-hybridized carbons (Fsp3) is 0.353. The van der Waals surface area contributed by atoms with Gasteiger partial charge in [0, 0.05) is 30.0 Å². The molecule has 3 fully saturated rings. The van der Waals surface area contributed by atoms with Gasteiger partial charge in [-0.1, -0.05) is 0 Å². The Morgan fingerprint density at radius 3 is 2.39 bits per heavy atom. The Hall–Kier alpha value is -4.34. The van der Waals surface area contributed by atoms with Gasteiger partial charge in [0.15, 0.2) is 0 Å². The van der Waals surface area contributed by atoms with E-state index in [1.165, 1.54) is 44.5 Å². The number of fused-ring (bicyclic) bond motifs is 2. The molecular weight excluding hydrogens is 576 g/mol. The van der Waals surface area contributed by atoms with E-state index in [0.29, 0.717) is 44.9 Å². The van der Waals surface area contributed by atoms with Gasteiger partial charge in [0.2, 0.25) is 0 Å². The minimum absolute atomic E-state index is 0.166. The van der Waals surface area contributed by atoms with E-state index in [2.05, 4.69) is 10.6 Å². The molecule has 3 aromatic carbocycles. The number of alkyl halides is 3. The molecule has 2 N–H and O–H groups in total. The van der Waals surface area contributed by atoms with Crippen molar-refractivity contribution in [1.82, 2.24) is 10.6 Å². The minimum atomic E-state index is -4.41. The molecule has 0 aliphatic heterocycles. The van der Waals surface area contributed by atoms with Gasteiger partial charge in [0.05, 0.1) is 18.2 Å². The summed E-state index contributed by atoms with van der Waals surface area (Å²) in [5.41, 5.74) is 2.88. The van der Waals surface area contributed by atoms with Crippen molar-refractivity contribution in [2.24, 2.45) is 5.92 Å². The van der Waals surface area contributed by atoms with Gasteiger partial charge in [-0.05, 0) is 116 Å². The lowest BCUT2D eigenvalue weighted by atomic mass is 9.77. The molecule has 10 heteroatoms. The predicted octanol–water partition coefficient (Wildman–Crippen LogP) is 7.75. The van der Waals surface area contributed by atoms with Crippen LogP contribution in [0, 0.1) is 18.7 Å². The minimum Gasteiger partial charge on any atom is -0.496 e. The Labute approximate surface area is 251 Å². The second-order valence-corrected chi connectivity index (χ2v) is 11.9. The third-order valence-corrected chi connectivity index (χ3v) is 9.00. The zero-order chi connectivity index (χ0) is 31.4. The highest BCUT2D eigenvalue weighted by molar-refractivity contribution is 6.12. The molecule has 0 saturated heterocycles. The van der Waals surface area contributed by atoms with E-state index in [0.717, 1.165) is 25.7 Å². The molecule has 3 aliphatic rings. The third kappa shape index (κ3) is 5.42. The maximum absolute atomic E-state index is 13.7. The van der Waals surface area contributed by atoms with Gasteiger partial charge in [-0.25, -0.2) is 4.39 Å². The molecule has 2 bridgehead atoms. The Morgan fingerprint density at radius 2 is 1.77 bits per heavy atom. The van der Waals surface area contributed by atoms with Gasteiger partial charge in [-0.15, -0.1) is 0 Å². The van der Waals surface area contributed by atoms with Crippen LogP contribution in [-0.2, 0) is 6.42 Å². The summed E-state index contributed by atoms with van der Waals surface area (Å²) >= 11 is 0. The van der Waals surface area contributed by atoms with Crippen molar-refractivity contribution in [2.75, 3.05) is 14.2 Å². The van der Waals surface area contributed by atoms with Crippen LogP contribution in [0.4, 0.5) is 17.6 Å². The van der Waals surface area contributed by atoms with Crippen molar-refractivity contribution in [2.45, 2.75) is 57.2 Å². The molecule has 3 aliphatic carbocycles. The first-order valence-corrected chi connectivity index (χ1v) is 14.6. The van der Waals surface area contributed by atoms with Crippen LogP contribution in [0.25, 0.3) is 33.4 Å². The molecule has 0 radical (unpaired) electrons. The lowest BCUT2D eigenvalue weighted by molar-refractivity contribution is -0.133. The summed E-state index contributed by atoms with van der Waals surface area (Å²) in [5, 5.41) is 6.17. The third-order valence-electron chi connectivity index (χ3n) is 9.00. The summed E-state index contributed by atoms with van der Waals surface area (Å²) in [5.74, 6) is -0.0765. The van der Waals surface area contributed by atoms with Gasteiger partial charge in [-0.2, -0.15) is 13.2 Å². The van der Waals surface area contributed by atoms with E-state index in [1.807, 2.05) is 0 Å². The fourth-order valence-corrected chi connectivity index (χ4v) is 6.80. The smallest absolute Gasteiger partial charge is 0.389 e. The second-order valence-electron chi connectivity index (χ2n) is 11.9. The normalized spacial score (nSPS) is 19.1. The van der Waals surface area contributed by atoms with Crippen LogP contribution in [0.1, 0.15) is 63.9 Å². The quantitative estimate of drug-likeness (QED) is 0.201. The molecule has 1 aromatic heterocycles. The first kappa shape index (κ1) is 29.7. The maximum atomic E-state index is 13.7. The number of carbonyl (C=O) groups excluding carboxylic acids is 2. The van der Waals surface area contributed by atoms with Crippen LogP contribution in [0.3, 0.4) is 0 Å². The van der Waals surface area contributed by atoms with Gasteiger partial charge < -0.3 is 19.8 Å². The molecule has 4 aromatic rings. The van der Waals surface area contributed by atoms with Gasteiger partial charge >= 0.3 is 6.18 Å². The SMILES string of the molecule is CNC(=O)c1c(-c2ccc(F)cc2)oc2cc(CCC(F)(F)F)c(-c3cc(C(=O)NC45CCC(C4)C5)c(OC)cc3C)cc12. The van der Waals surface area contributed by atoms with Gasteiger partial charge in [0.1, 0.15) is 22.9 Å². The summed E-state index contributed by atoms with van der Waals surface area (Å²) in [6, 6.07) is 11.9. The molecule has 230 valence electrons. The Bertz CT molecular complexity index is 1760. The highest BCUT2D eigenvalue weighted by Crippen LogP contribution is 2.52. The molecule has 7 rings (SSSR count). The number of aryl methyl sites for hydroxylation is 2. The first-order chi connectivity index (χ1) is 20.9. The van der Waals surface area contributed by atoms with Crippen LogP contribution in [0.5, 0.6) is 5.75 Å². The van der Waals surface area contributed by atoms with E-state index < -0.39 is 24.3 Å². The fourth-order valence-electron chi connectivity index (χ4n) is 6.80. The number of furan rings is 1. The molecule has 3 saturated carbocycles. The molecule has 0 atom stereocenters. The Balaban J connectivity index is 1.53. The maximum Gasteiger partial charge on any atom is 0.389 e. The van der Waals surface area contributed by atoms with E-state index in [-0.39, 0.29) is 40.3 Å². The van der Waals surface area contributed by atoms with Crippen molar-refractivity contribution in [3.63, 3.8) is 0 Å². The molecule has 0 spiro atoms. The molecule has 44 heavy (non-hydrogen) atoms. The summed E-state index contributed by atoms with van der Waals surface area (Å²) in [6.07, 6.45) is -1.96. The number of nitrogens with one attached hydrogen (secondary N) is 2. The molecular formula is C34H32F4N2O4. The standard InChI is InChI=1S/C34H32F4N2O4/c1-18-12-27(43-3)26(31(41)40-33-10-8-19(16-33)17-33)14-23(18)24-15-25-28(13-21(24)9-11-34(36,37)38)44-30(29(25)32(42)39-2)20-4-6-22(35)7-5-20/h4-7,12-15,19H,8-11,16-17H2,1-3H3,(H,39,42)(H,40,41). The van der Waals surface area contributed by atoms with Gasteiger partial charge in [0.25, 0.3) is 11.8 Å². The van der Waals surface area contributed by atoms with Crippen LogP contribution in [0.15, 0.2) is 52.9 Å². The summed E-state index contributed by atoms with van der Waals surface area (Å²) in [4.78, 5) is 26.8. The lowest BCUT2D eigenvalue weighted by Crippen LogP contribution is -2.51. The highest BCUT2D eigenvalue weighted by Gasteiger charge is 2.51. The average Bonchev–Trinajstić information content (AvgIpc) is 3.67. The van der Waals surface area contributed by atoms with Crippen molar-refractivity contribution in [3.8, 4) is 28.2 Å². The summed E-state index contributed by atoms with van der Waals surface area (Å²) in [6.45, 7) is 1.79. The van der Waals surface area contributed by atoms with Crippen LogP contribution in [0.2, 0.25) is 0 Å². The Kier molecular flexibility index (Phi) is 7.42. The van der Waals surface area contributed by atoms with E-state index in [1.54, 1.807) is 25.1 Å². The summed E-state index contributed by atoms with van der Waals surface area (Å²) in [7, 11) is 2.93. The van der Waals surface area contributed by atoms with Crippen molar-refractivity contribution < 1.29 is 36.3 Å². The predicted molar refractivity (Wildman–Crippen MR) is 158 cm³/mol. The van der Waals surface area contributed by atoms with Crippen molar-refractivity contribution >= 4 is 22.8 Å². The van der Waals surface area contributed by atoms with E-state index in [4.69, 9.17) is 9.15 Å². The van der Waals surface area contributed by atoms with E-state index in [9.17, 15) is 27.2 Å². The zero-order valence-corrected chi connectivity index (χ0v) is 24.6. The average molecular weight is 609 g/mol. The number of rotatable bonds is 8. The number of amides is 2. The zero-order valence-electron chi connectivity index (χ0n) is 24.6. The number of hydrogen-bond donors (Lipinski definition) is 2. The largest absolute Gasteiger partial charge is 0.496 e. The number of methoxy groups -OCH3 is 1. The van der Waals surface area contributed by atoms with Crippen molar-refractivity contribution in [3.05, 3.63) is 76.6 Å². The Morgan fingerprint density at radius 1 is 1.05 bits per heavy atom. The molecule has 2 amide bonds. The number of hydrogen-bond acceptors (Lipinski definition) is 4. The number of benzene rings is 3. The number of carbonyl (C=O) groups is 2. The van der Waals surface area contributed by atoms with Crippen molar-refractivity contribution in [1.29, 1.82) is 0 Å².